The minimum Gasteiger partial charge on any atom is -0.410 e. The maximum Gasteiger partial charge on any atom is 0.415 e. The number of rotatable bonds is 5. The Labute approximate surface area is 242 Å². The number of carbonyl (C=O) groups excluding carboxylic acids is 2. The Morgan fingerprint density at radius 2 is 1.86 bits per heavy atom. The fraction of sp³-hybridized carbons (Fsp3) is 0.483. The number of anilines is 1. The summed E-state index contributed by atoms with van der Waals surface area (Å²) < 4.78 is 12.7. The van der Waals surface area contributed by atoms with Crippen molar-refractivity contribution < 1.29 is 29.3 Å². The monoisotopic (exact) mass is 575 g/mol. The zero-order valence-corrected chi connectivity index (χ0v) is 23.1. The summed E-state index contributed by atoms with van der Waals surface area (Å²) in [5, 5.41) is 24.0. The summed E-state index contributed by atoms with van der Waals surface area (Å²) in [6.07, 6.45) is -0.149. The van der Waals surface area contributed by atoms with Crippen LogP contribution in [0.1, 0.15) is 49.7 Å². The summed E-state index contributed by atoms with van der Waals surface area (Å²) in [6, 6.07) is 7.45. The maximum absolute atomic E-state index is 12.5. The predicted molar refractivity (Wildman–Crippen MR) is 150 cm³/mol. The Kier molecular flexibility index (Phi) is 7.68. The topological polar surface area (TPSA) is 178 Å². The molecule has 0 spiro atoms. The predicted octanol–water partition coefficient (Wildman–Crippen LogP) is 1.27. The lowest BCUT2D eigenvalue weighted by Crippen LogP contribution is -2.43. The second-order valence-electron chi connectivity index (χ2n) is 11.1. The molecule has 1 aromatic carbocycles. The number of aliphatic hydroxyl groups excluding tert-OH is 2. The van der Waals surface area contributed by atoms with E-state index < -0.39 is 30.4 Å². The van der Waals surface area contributed by atoms with Crippen LogP contribution in [0, 0.1) is 24.7 Å². The van der Waals surface area contributed by atoms with Crippen molar-refractivity contribution in [2.24, 2.45) is 5.92 Å². The van der Waals surface area contributed by atoms with Gasteiger partial charge in [0.25, 0.3) is 5.91 Å². The number of aliphatic hydroxyl groups is 2. The van der Waals surface area contributed by atoms with Crippen LogP contribution in [0.2, 0.25) is 0 Å². The van der Waals surface area contributed by atoms with Crippen molar-refractivity contribution in [1.29, 1.82) is 0 Å². The van der Waals surface area contributed by atoms with Crippen molar-refractivity contribution in [1.82, 2.24) is 29.7 Å². The number of nitrogens with two attached hydrogens (primary N) is 1. The van der Waals surface area contributed by atoms with Gasteiger partial charge in [-0.05, 0) is 56.6 Å². The van der Waals surface area contributed by atoms with Crippen molar-refractivity contribution in [3.05, 3.63) is 42.0 Å². The number of ether oxygens (including phenoxy) is 2. The lowest BCUT2D eigenvalue weighted by molar-refractivity contribution is -0.137. The van der Waals surface area contributed by atoms with Crippen LogP contribution in [0.15, 0.2) is 30.6 Å². The van der Waals surface area contributed by atoms with E-state index in [1.165, 1.54) is 10.9 Å². The average Bonchev–Trinajstić information content (AvgIpc) is 3.61. The molecule has 1 saturated carbocycles. The van der Waals surface area contributed by atoms with Crippen LogP contribution in [0.4, 0.5) is 10.6 Å². The smallest absolute Gasteiger partial charge is 0.410 e. The standard InChI is InChI=1S/C29H33N7O6/c1-16-5-9-19(10-6-16)41-29(40)35-13-11-17(12-14-35)3-2-4-20-33-25(30)21-26(34-20)36(15-31-21)28-23(38)22(37)24(42-28)27(39)32-18-7-8-18/h5-6,9-10,15,17-18,22-24,28,37-38H,3,7-8,11-14H2,1H3,(H,32,39)(H2,30,33,34). The highest BCUT2D eigenvalue weighted by molar-refractivity contribution is 5.83. The first-order chi connectivity index (χ1) is 20.3. The molecule has 4 heterocycles. The van der Waals surface area contributed by atoms with Gasteiger partial charge >= 0.3 is 6.09 Å². The zero-order chi connectivity index (χ0) is 29.4. The van der Waals surface area contributed by atoms with Gasteiger partial charge in [-0.2, -0.15) is 0 Å². The van der Waals surface area contributed by atoms with E-state index in [-0.39, 0.29) is 29.4 Å². The number of aromatic nitrogens is 4. The van der Waals surface area contributed by atoms with Crippen LogP contribution in [0.25, 0.3) is 11.2 Å². The van der Waals surface area contributed by atoms with E-state index >= 15 is 0 Å². The van der Waals surface area contributed by atoms with Gasteiger partial charge in [0.05, 0.1) is 6.33 Å². The van der Waals surface area contributed by atoms with E-state index in [2.05, 4.69) is 32.1 Å². The molecule has 42 heavy (non-hydrogen) atoms. The first-order valence-electron chi connectivity index (χ1n) is 14.1. The summed E-state index contributed by atoms with van der Waals surface area (Å²) in [5.74, 6) is 6.74. The van der Waals surface area contributed by atoms with Gasteiger partial charge < -0.3 is 35.6 Å². The number of fused-ring (bicyclic) bond motifs is 1. The average molecular weight is 576 g/mol. The van der Waals surface area contributed by atoms with Crippen LogP contribution in [-0.4, -0.2) is 84.1 Å². The summed E-state index contributed by atoms with van der Waals surface area (Å²) in [5.41, 5.74) is 7.79. The number of benzene rings is 1. The van der Waals surface area contributed by atoms with Crippen LogP contribution < -0.4 is 15.8 Å². The molecule has 6 rings (SSSR count). The molecule has 220 valence electrons. The van der Waals surface area contributed by atoms with Crippen molar-refractivity contribution >= 4 is 29.0 Å². The molecular formula is C29H33N7O6. The van der Waals surface area contributed by atoms with Gasteiger partial charge in [0.2, 0.25) is 5.82 Å². The summed E-state index contributed by atoms with van der Waals surface area (Å²) in [4.78, 5) is 39.7. The third-order valence-electron chi connectivity index (χ3n) is 7.83. The number of nitrogens with one attached hydrogen (secondary N) is 1. The van der Waals surface area contributed by atoms with E-state index in [1.807, 2.05) is 19.1 Å². The number of amides is 2. The Bertz CT molecular complexity index is 1540. The summed E-state index contributed by atoms with van der Waals surface area (Å²) in [7, 11) is 0. The molecule has 13 heteroatoms. The van der Waals surface area contributed by atoms with E-state index in [4.69, 9.17) is 15.2 Å². The molecule has 0 bridgehead atoms. The van der Waals surface area contributed by atoms with Gasteiger partial charge in [0.15, 0.2) is 23.8 Å². The molecule has 2 aliphatic heterocycles. The maximum atomic E-state index is 12.5. The fourth-order valence-electron chi connectivity index (χ4n) is 5.16. The number of likely N-dealkylation sites (tertiary alicyclic amines) is 1. The van der Waals surface area contributed by atoms with Gasteiger partial charge in [-0.15, -0.1) is 0 Å². The minimum atomic E-state index is -1.42. The number of piperidine rings is 1. The summed E-state index contributed by atoms with van der Waals surface area (Å²) >= 11 is 0. The zero-order valence-electron chi connectivity index (χ0n) is 23.1. The molecule has 13 nitrogen and oxygen atoms in total. The third kappa shape index (κ3) is 5.87. The highest BCUT2D eigenvalue weighted by Gasteiger charge is 2.48. The van der Waals surface area contributed by atoms with E-state index in [1.54, 1.807) is 17.0 Å². The van der Waals surface area contributed by atoms with E-state index in [0.29, 0.717) is 36.7 Å². The molecule has 0 radical (unpaired) electrons. The van der Waals surface area contributed by atoms with Crippen LogP contribution >= 0.6 is 0 Å². The van der Waals surface area contributed by atoms with Crippen molar-refractivity contribution in [3.63, 3.8) is 0 Å². The number of nitrogen functional groups attached to an aromatic ring is 1. The van der Waals surface area contributed by atoms with Crippen molar-refractivity contribution in [2.45, 2.75) is 69.6 Å². The fourth-order valence-corrected chi connectivity index (χ4v) is 5.16. The second-order valence-corrected chi connectivity index (χ2v) is 11.1. The molecule has 1 aliphatic carbocycles. The minimum absolute atomic E-state index is 0.0837. The van der Waals surface area contributed by atoms with Crippen LogP contribution in [0.3, 0.4) is 0 Å². The van der Waals surface area contributed by atoms with Crippen molar-refractivity contribution in [2.75, 3.05) is 18.8 Å². The van der Waals surface area contributed by atoms with E-state index in [9.17, 15) is 19.8 Å². The van der Waals surface area contributed by atoms with Gasteiger partial charge in [-0.3, -0.25) is 9.36 Å². The highest BCUT2D eigenvalue weighted by atomic mass is 16.6. The number of aryl methyl sites for hydroxylation is 1. The quantitative estimate of drug-likeness (QED) is 0.324. The Hall–Kier alpha value is -4.25. The number of hydrogen-bond acceptors (Lipinski definition) is 10. The van der Waals surface area contributed by atoms with Crippen molar-refractivity contribution in [3.8, 4) is 17.6 Å². The SMILES string of the molecule is Cc1ccc(OC(=O)N2CCC(CC#Cc3nc(N)c4ncn(C5OC(C(=O)NC6CC6)C(O)C5O)c4n3)CC2)cc1. The Morgan fingerprint density at radius 3 is 2.57 bits per heavy atom. The second kappa shape index (κ2) is 11.6. The molecule has 3 fully saturated rings. The number of hydrogen-bond donors (Lipinski definition) is 4. The molecule has 2 saturated heterocycles. The lowest BCUT2D eigenvalue weighted by Gasteiger charge is -2.30. The molecule has 3 aromatic rings. The number of imidazole rings is 1. The van der Waals surface area contributed by atoms with Gasteiger partial charge in [-0.1, -0.05) is 23.6 Å². The first-order valence-corrected chi connectivity index (χ1v) is 14.1. The van der Waals surface area contributed by atoms with Gasteiger partial charge in [0, 0.05) is 25.6 Å². The number of nitrogens with zero attached hydrogens (tertiary/aromatic N) is 5. The molecular weight excluding hydrogens is 542 g/mol. The van der Waals surface area contributed by atoms with Crippen LogP contribution in [0.5, 0.6) is 5.75 Å². The Morgan fingerprint density at radius 1 is 1.12 bits per heavy atom. The number of carbonyl (C=O) groups is 2. The Balaban J connectivity index is 1.08. The molecule has 4 unspecified atom stereocenters. The molecule has 4 atom stereocenters. The molecule has 5 N–H and O–H groups in total. The lowest BCUT2D eigenvalue weighted by atomic mass is 9.94. The summed E-state index contributed by atoms with van der Waals surface area (Å²) in [6.45, 7) is 3.14. The molecule has 3 aliphatic rings. The van der Waals surface area contributed by atoms with Gasteiger partial charge in [-0.25, -0.2) is 19.7 Å². The largest absolute Gasteiger partial charge is 0.415 e. The first kappa shape index (κ1) is 27.9. The van der Waals surface area contributed by atoms with Gasteiger partial charge in [0.1, 0.15) is 23.5 Å². The third-order valence-corrected chi connectivity index (χ3v) is 7.83. The molecule has 2 aromatic heterocycles. The normalized spacial score (nSPS) is 24.3. The molecule has 2 amide bonds. The van der Waals surface area contributed by atoms with E-state index in [0.717, 1.165) is 31.2 Å². The highest BCUT2D eigenvalue weighted by Crippen LogP contribution is 2.33. The van der Waals surface area contributed by atoms with Crippen LogP contribution in [-0.2, 0) is 9.53 Å².